The molecule has 0 saturated carbocycles. The summed E-state index contributed by atoms with van der Waals surface area (Å²) in [5.41, 5.74) is 2.02. The van der Waals surface area contributed by atoms with Crippen LogP contribution >= 0.6 is 0 Å². The van der Waals surface area contributed by atoms with Crippen molar-refractivity contribution in [3.8, 4) is 0 Å². The smallest absolute Gasteiger partial charge is 0.0782 e. The minimum Gasteiger partial charge on any atom is -0.381 e. The van der Waals surface area contributed by atoms with E-state index in [2.05, 4.69) is 29.1 Å². The van der Waals surface area contributed by atoms with Crippen molar-refractivity contribution >= 4 is 0 Å². The van der Waals surface area contributed by atoms with Crippen molar-refractivity contribution in [2.24, 2.45) is 0 Å². The lowest BCUT2D eigenvalue weighted by Gasteiger charge is -2.14. The molecule has 0 aliphatic rings. The van der Waals surface area contributed by atoms with Gasteiger partial charge in [0.05, 0.1) is 11.4 Å². The highest BCUT2D eigenvalue weighted by Crippen LogP contribution is 2.11. The summed E-state index contributed by atoms with van der Waals surface area (Å²) in [7, 11) is 0. The fourth-order valence-corrected chi connectivity index (χ4v) is 1.68. The van der Waals surface area contributed by atoms with E-state index in [1.165, 1.54) is 0 Å². The molecule has 0 aliphatic heterocycles. The molecule has 0 spiro atoms. The zero-order chi connectivity index (χ0) is 12.5. The molecule has 1 rings (SSSR count). The van der Waals surface area contributed by atoms with Crippen molar-refractivity contribution < 1.29 is 4.74 Å². The van der Waals surface area contributed by atoms with E-state index in [1.54, 1.807) is 12.4 Å². The molecule has 0 amide bonds. The highest BCUT2D eigenvalue weighted by atomic mass is 16.5. The number of nitrogens with zero attached hydrogens (tertiary/aromatic N) is 2. The lowest BCUT2D eigenvalue weighted by Crippen LogP contribution is -2.22. The van der Waals surface area contributed by atoms with E-state index in [4.69, 9.17) is 4.74 Å². The Morgan fingerprint density at radius 2 is 2.06 bits per heavy atom. The predicted molar refractivity (Wildman–Crippen MR) is 68.9 cm³/mol. The number of aromatic nitrogens is 2. The molecule has 4 heteroatoms. The number of aryl methyl sites for hydroxylation is 1. The van der Waals surface area contributed by atoms with Gasteiger partial charge in [-0.1, -0.05) is 6.92 Å². The molecule has 0 aliphatic carbocycles. The molecule has 1 atom stereocenters. The van der Waals surface area contributed by atoms with Crippen LogP contribution in [0.25, 0.3) is 0 Å². The molecular formula is C13H23N3O. The third kappa shape index (κ3) is 5.24. The fraction of sp³-hybridized carbons (Fsp3) is 0.692. The lowest BCUT2D eigenvalue weighted by atomic mass is 10.2. The maximum absolute atomic E-state index is 5.43. The molecular weight excluding hydrogens is 214 g/mol. The molecule has 1 aromatic rings. The van der Waals surface area contributed by atoms with Gasteiger partial charge in [-0.15, -0.1) is 0 Å². The van der Waals surface area contributed by atoms with Crippen molar-refractivity contribution in [1.29, 1.82) is 0 Å². The van der Waals surface area contributed by atoms with E-state index in [0.717, 1.165) is 44.0 Å². The van der Waals surface area contributed by atoms with E-state index in [0.29, 0.717) is 0 Å². The number of hydrogen-bond acceptors (Lipinski definition) is 4. The van der Waals surface area contributed by atoms with Gasteiger partial charge in [-0.05, 0) is 33.2 Å². The first-order valence-electron chi connectivity index (χ1n) is 6.34. The van der Waals surface area contributed by atoms with E-state index in [-0.39, 0.29) is 6.04 Å². The zero-order valence-electron chi connectivity index (χ0n) is 11.1. The maximum Gasteiger partial charge on any atom is 0.0782 e. The van der Waals surface area contributed by atoms with Crippen LogP contribution in [0.1, 0.15) is 44.1 Å². The normalized spacial score (nSPS) is 12.6. The van der Waals surface area contributed by atoms with Crippen molar-refractivity contribution in [3.63, 3.8) is 0 Å². The summed E-state index contributed by atoms with van der Waals surface area (Å²) in [5, 5.41) is 3.43. The third-order valence-electron chi connectivity index (χ3n) is 2.59. The molecule has 1 N–H and O–H groups in total. The summed E-state index contributed by atoms with van der Waals surface area (Å²) in [6.45, 7) is 8.86. The van der Waals surface area contributed by atoms with Gasteiger partial charge in [0.1, 0.15) is 0 Å². The van der Waals surface area contributed by atoms with E-state index in [1.807, 2.05) is 6.92 Å². The summed E-state index contributed by atoms with van der Waals surface area (Å²) >= 11 is 0. The van der Waals surface area contributed by atoms with Gasteiger partial charge in [-0.25, -0.2) is 0 Å². The van der Waals surface area contributed by atoms with Crippen LogP contribution in [0.15, 0.2) is 12.4 Å². The quantitative estimate of drug-likeness (QED) is 0.704. The number of rotatable bonds is 8. The van der Waals surface area contributed by atoms with Crippen LogP contribution in [0.4, 0.5) is 0 Å². The van der Waals surface area contributed by atoms with Gasteiger partial charge in [0, 0.05) is 31.6 Å². The lowest BCUT2D eigenvalue weighted by molar-refractivity contribution is 0.131. The van der Waals surface area contributed by atoms with Crippen LogP contribution in [0, 0.1) is 6.92 Å². The molecule has 0 saturated heterocycles. The number of nitrogens with one attached hydrogen (secondary N) is 1. The van der Waals surface area contributed by atoms with Gasteiger partial charge >= 0.3 is 0 Å². The van der Waals surface area contributed by atoms with Crippen LogP contribution in [-0.2, 0) is 4.74 Å². The predicted octanol–water partition coefficient (Wildman–Crippen LogP) is 2.25. The topological polar surface area (TPSA) is 47.0 Å². The molecule has 4 nitrogen and oxygen atoms in total. The van der Waals surface area contributed by atoms with Gasteiger partial charge in [0.25, 0.3) is 0 Å². The van der Waals surface area contributed by atoms with Crippen LogP contribution in [-0.4, -0.2) is 29.7 Å². The second-order valence-electron chi connectivity index (χ2n) is 4.17. The summed E-state index contributed by atoms with van der Waals surface area (Å²) in [5.74, 6) is 0. The second-order valence-corrected chi connectivity index (χ2v) is 4.17. The summed E-state index contributed by atoms with van der Waals surface area (Å²) < 4.78 is 5.43. The highest BCUT2D eigenvalue weighted by Gasteiger charge is 2.08. The molecule has 0 aromatic carbocycles. The van der Waals surface area contributed by atoms with Gasteiger partial charge in [-0.3, -0.25) is 9.97 Å². The number of ether oxygens (including phenoxy) is 1. The Bertz CT molecular complexity index is 317. The Hall–Kier alpha value is -1.00. The molecule has 1 heterocycles. The van der Waals surface area contributed by atoms with E-state index < -0.39 is 0 Å². The van der Waals surface area contributed by atoms with Crippen LogP contribution in [0.3, 0.4) is 0 Å². The van der Waals surface area contributed by atoms with Crippen LogP contribution in [0.2, 0.25) is 0 Å². The SMILES string of the molecule is CCCOCCCNC(C)c1nccnc1C. The summed E-state index contributed by atoms with van der Waals surface area (Å²) in [4.78, 5) is 8.59. The van der Waals surface area contributed by atoms with Crippen molar-refractivity contribution in [3.05, 3.63) is 23.8 Å². The monoisotopic (exact) mass is 237 g/mol. The second kappa shape index (κ2) is 8.14. The fourth-order valence-electron chi connectivity index (χ4n) is 1.68. The Kier molecular flexibility index (Phi) is 6.74. The first kappa shape index (κ1) is 14.1. The molecule has 1 unspecified atom stereocenters. The molecule has 96 valence electrons. The number of hydrogen-bond donors (Lipinski definition) is 1. The van der Waals surface area contributed by atoms with Crippen molar-refractivity contribution in [2.75, 3.05) is 19.8 Å². The van der Waals surface area contributed by atoms with Crippen molar-refractivity contribution in [2.45, 2.75) is 39.7 Å². The highest BCUT2D eigenvalue weighted by molar-refractivity contribution is 5.12. The van der Waals surface area contributed by atoms with Gasteiger partial charge in [-0.2, -0.15) is 0 Å². The first-order valence-corrected chi connectivity index (χ1v) is 6.34. The van der Waals surface area contributed by atoms with Gasteiger partial charge < -0.3 is 10.1 Å². The van der Waals surface area contributed by atoms with E-state index in [9.17, 15) is 0 Å². The Balaban J connectivity index is 2.21. The zero-order valence-corrected chi connectivity index (χ0v) is 11.1. The minimum absolute atomic E-state index is 0.245. The van der Waals surface area contributed by atoms with Gasteiger partial charge in [0.15, 0.2) is 0 Å². The molecule has 0 radical (unpaired) electrons. The van der Waals surface area contributed by atoms with Crippen LogP contribution < -0.4 is 5.32 Å². The van der Waals surface area contributed by atoms with E-state index >= 15 is 0 Å². The van der Waals surface area contributed by atoms with Crippen molar-refractivity contribution in [1.82, 2.24) is 15.3 Å². The molecule has 17 heavy (non-hydrogen) atoms. The third-order valence-corrected chi connectivity index (χ3v) is 2.59. The first-order chi connectivity index (χ1) is 8.25. The summed E-state index contributed by atoms with van der Waals surface area (Å²) in [6.07, 6.45) is 5.58. The average Bonchev–Trinajstić information content (AvgIpc) is 2.34. The Morgan fingerprint density at radius 3 is 2.76 bits per heavy atom. The Morgan fingerprint density at radius 1 is 1.29 bits per heavy atom. The van der Waals surface area contributed by atoms with Crippen LogP contribution in [0.5, 0.6) is 0 Å². The Labute approximate surface area is 104 Å². The molecule has 1 aromatic heterocycles. The summed E-state index contributed by atoms with van der Waals surface area (Å²) in [6, 6.07) is 0.245. The average molecular weight is 237 g/mol. The minimum atomic E-state index is 0.245. The maximum atomic E-state index is 5.43. The van der Waals surface area contributed by atoms with Gasteiger partial charge in [0.2, 0.25) is 0 Å². The molecule has 0 fully saturated rings. The molecule has 0 bridgehead atoms. The standard InChI is InChI=1S/C13H23N3O/c1-4-9-17-10-5-6-14-11(2)13-12(3)15-7-8-16-13/h7-8,11,14H,4-6,9-10H2,1-3H3. The largest absolute Gasteiger partial charge is 0.381 e.